The van der Waals surface area contributed by atoms with Gasteiger partial charge in [0.25, 0.3) is 0 Å². The number of halogens is 1. The fourth-order valence-electron chi connectivity index (χ4n) is 1.44. The van der Waals surface area contributed by atoms with E-state index in [0.29, 0.717) is 0 Å². The zero-order valence-corrected chi connectivity index (χ0v) is 9.12. The molecule has 1 nitrogen and oxygen atoms in total. The minimum Gasteiger partial charge on any atom is -0.244 e. The molecule has 0 bridgehead atoms. The van der Waals surface area contributed by atoms with Crippen LogP contribution in [-0.4, -0.2) is 4.98 Å². The molecule has 1 aliphatic rings. The molecule has 0 aliphatic heterocycles. The average molecular weight is 244 g/mol. The van der Waals surface area contributed by atoms with E-state index in [-0.39, 0.29) is 0 Å². The lowest BCUT2D eigenvalue weighted by atomic mass is 10.0. The monoisotopic (exact) mass is 243 g/mol. The van der Waals surface area contributed by atoms with Crippen molar-refractivity contribution in [2.45, 2.75) is 25.7 Å². The van der Waals surface area contributed by atoms with Gasteiger partial charge in [-0.2, -0.15) is 0 Å². The molecule has 0 unspecified atom stereocenters. The molecule has 0 saturated carbocycles. The van der Waals surface area contributed by atoms with E-state index in [9.17, 15) is 0 Å². The Balaban J connectivity index is 2.23. The van der Waals surface area contributed by atoms with E-state index in [2.05, 4.69) is 27.0 Å². The smallest absolute Gasteiger partial charge is 0.119 e. The predicted octanol–water partition coefficient (Wildman–Crippen LogP) is 3.86. The second-order valence-electron chi connectivity index (χ2n) is 2.94. The first-order valence-corrected chi connectivity index (χ1v) is 5.78. The van der Waals surface area contributed by atoms with E-state index in [4.69, 9.17) is 0 Å². The lowest BCUT2D eigenvalue weighted by molar-refractivity contribution is 0.741. The summed E-state index contributed by atoms with van der Waals surface area (Å²) in [4.78, 5) is 4.34. The van der Waals surface area contributed by atoms with Crippen LogP contribution in [0.5, 0.6) is 0 Å². The summed E-state index contributed by atoms with van der Waals surface area (Å²) in [6.07, 6.45) is 9.32. The summed E-state index contributed by atoms with van der Waals surface area (Å²) in [6.45, 7) is 0. The molecule has 0 atom stereocenters. The first kappa shape index (κ1) is 8.45. The summed E-state index contributed by atoms with van der Waals surface area (Å²) in [6, 6.07) is 0. The molecule has 64 valence electrons. The number of hydrogen-bond acceptors (Lipinski definition) is 2. The molecule has 1 heterocycles. The third-order valence-corrected chi connectivity index (χ3v) is 3.59. The van der Waals surface area contributed by atoms with Crippen molar-refractivity contribution in [1.82, 2.24) is 4.98 Å². The van der Waals surface area contributed by atoms with Gasteiger partial charge in [-0.15, -0.1) is 11.3 Å². The largest absolute Gasteiger partial charge is 0.244 e. The molecule has 1 aliphatic carbocycles. The summed E-state index contributed by atoms with van der Waals surface area (Å²) in [5.41, 5.74) is 1.44. The molecule has 2 rings (SSSR count). The molecule has 0 amide bonds. The quantitative estimate of drug-likeness (QED) is 0.730. The minimum absolute atomic E-state index is 1.13. The van der Waals surface area contributed by atoms with E-state index in [1.807, 2.05) is 6.20 Å². The second kappa shape index (κ2) is 3.71. The first-order valence-electron chi connectivity index (χ1n) is 4.17. The molecule has 0 aromatic carbocycles. The van der Waals surface area contributed by atoms with Crippen LogP contribution in [0.15, 0.2) is 16.1 Å². The Morgan fingerprint density at radius 2 is 2.33 bits per heavy atom. The third-order valence-electron chi connectivity index (χ3n) is 2.04. The van der Waals surface area contributed by atoms with Gasteiger partial charge in [0.1, 0.15) is 5.01 Å². The Morgan fingerprint density at radius 1 is 1.42 bits per heavy atom. The molecular formula is C9H10BrNS. The van der Waals surface area contributed by atoms with Gasteiger partial charge < -0.3 is 0 Å². The normalized spacial score (nSPS) is 17.6. The highest BCUT2D eigenvalue weighted by atomic mass is 79.9. The molecule has 0 spiro atoms. The van der Waals surface area contributed by atoms with Crippen molar-refractivity contribution in [3.8, 4) is 0 Å². The van der Waals surface area contributed by atoms with Gasteiger partial charge in [0, 0.05) is 0 Å². The average Bonchev–Trinajstić information content (AvgIpc) is 2.54. The Morgan fingerprint density at radius 3 is 2.92 bits per heavy atom. The maximum atomic E-state index is 4.34. The molecule has 0 radical (unpaired) electrons. The fourth-order valence-corrected chi connectivity index (χ4v) is 2.71. The SMILES string of the molecule is Brc1cnc(C2=CCCCC2)s1. The summed E-state index contributed by atoms with van der Waals surface area (Å²) in [5, 5.41) is 1.20. The van der Waals surface area contributed by atoms with Gasteiger partial charge in [0.05, 0.1) is 9.98 Å². The van der Waals surface area contributed by atoms with E-state index < -0.39 is 0 Å². The lowest BCUT2D eigenvalue weighted by Gasteiger charge is -2.08. The summed E-state index contributed by atoms with van der Waals surface area (Å²) >= 11 is 5.16. The van der Waals surface area contributed by atoms with Crippen LogP contribution in [0, 0.1) is 0 Å². The van der Waals surface area contributed by atoms with Crippen LogP contribution in [0.1, 0.15) is 30.7 Å². The van der Waals surface area contributed by atoms with E-state index in [1.54, 1.807) is 11.3 Å². The number of thiazole rings is 1. The summed E-state index contributed by atoms with van der Waals surface area (Å²) in [5.74, 6) is 0. The van der Waals surface area contributed by atoms with Crippen LogP contribution < -0.4 is 0 Å². The van der Waals surface area contributed by atoms with Crippen LogP contribution in [0.2, 0.25) is 0 Å². The molecule has 1 aromatic rings. The molecule has 3 heteroatoms. The molecule has 0 saturated heterocycles. The highest BCUT2D eigenvalue weighted by Crippen LogP contribution is 2.31. The van der Waals surface area contributed by atoms with Gasteiger partial charge in [0.2, 0.25) is 0 Å². The van der Waals surface area contributed by atoms with Crippen molar-refractivity contribution in [3.63, 3.8) is 0 Å². The Kier molecular flexibility index (Phi) is 2.61. The summed E-state index contributed by atoms with van der Waals surface area (Å²) < 4.78 is 1.13. The van der Waals surface area contributed by atoms with Crippen molar-refractivity contribution >= 4 is 32.8 Å². The number of allylic oxidation sites excluding steroid dienone is 2. The van der Waals surface area contributed by atoms with Crippen LogP contribution >= 0.6 is 27.3 Å². The molecular weight excluding hydrogens is 234 g/mol. The van der Waals surface area contributed by atoms with Gasteiger partial charge in [-0.05, 0) is 47.2 Å². The van der Waals surface area contributed by atoms with Crippen molar-refractivity contribution < 1.29 is 0 Å². The number of rotatable bonds is 1. The Labute approximate surface area is 84.7 Å². The van der Waals surface area contributed by atoms with Crippen molar-refractivity contribution in [1.29, 1.82) is 0 Å². The molecule has 0 fully saturated rings. The van der Waals surface area contributed by atoms with Crippen LogP contribution in [0.3, 0.4) is 0 Å². The molecule has 12 heavy (non-hydrogen) atoms. The van der Waals surface area contributed by atoms with Gasteiger partial charge in [-0.1, -0.05) is 6.08 Å². The van der Waals surface area contributed by atoms with Crippen LogP contribution in [0.25, 0.3) is 5.57 Å². The van der Waals surface area contributed by atoms with Crippen molar-refractivity contribution in [3.05, 3.63) is 21.1 Å². The van der Waals surface area contributed by atoms with E-state index in [0.717, 1.165) is 3.79 Å². The van der Waals surface area contributed by atoms with E-state index in [1.165, 1.54) is 36.3 Å². The number of aromatic nitrogens is 1. The first-order chi connectivity index (χ1) is 5.86. The van der Waals surface area contributed by atoms with Gasteiger partial charge in [-0.3, -0.25) is 0 Å². The van der Waals surface area contributed by atoms with Crippen LogP contribution in [-0.2, 0) is 0 Å². The van der Waals surface area contributed by atoms with Gasteiger partial charge in [0.15, 0.2) is 0 Å². The van der Waals surface area contributed by atoms with Crippen molar-refractivity contribution in [2.75, 3.05) is 0 Å². The fraction of sp³-hybridized carbons (Fsp3) is 0.444. The minimum atomic E-state index is 1.13. The Bertz CT molecular complexity index is 303. The molecule has 1 aromatic heterocycles. The third kappa shape index (κ3) is 1.77. The topological polar surface area (TPSA) is 12.9 Å². The van der Waals surface area contributed by atoms with Gasteiger partial charge >= 0.3 is 0 Å². The summed E-state index contributed by atoms with van der Waals surface area (Å²) in [7, 11) is 0. The van der Waals surface area contributed by atoms with Crippen LogP contribution in [0.4, 0.5) is 0 Å². The Hall–Kier alpha value is -0.150. The highest BCUT2D eigenvalue weighted by molar-refractivity contribution is 9.11. The van der Waals surface area contributed by atoms with Gasteiger partial charge in [-0.25, -0.2) is 4.98 Å². The molecule has 0 N–H and O–H groups in total. The standard InChI is InChI=1S/C9H10BrNS/c10-8-6-11-9(12-8)7-4-2-1-3-5-7/h4,6H,1-3,5H2. The van der Waals surface area contributed by atoms with E-state index >= 15 is 0 Å². The highest BCUT2D eigenvalue weighted by Gasteiger charge is 2.08. The number of nitrogens with zero attached hydrogens (tertiary/aromatic N) is 1. The predicted molar refractivity (Wildman–Crippen MR) is 56.3 cm³/mol. The maximum absolute atomic E-state index is 4.34. The zero-order valence-electron chi connectivity index (χ0n) is 6.72. The van der Waals surface area contributed by atoms with Crippen molar-refractivity contribution in [2.24, 2.45) is 0 Å². The second-order valence-corrected chi connectivity index (χ2v) is 5.35. The zero-order chi connectivity index (χ0) is 8.39. The lowest BCUT2D eigenvalue weighted by Crippen LogP contribution is -1.90. The number of hydrogen-bond donors (Lipinski definition) is 0. The maximum Gasteiger partial charge on any atom is 0.119 e.